The number of hydrogen-bond donors (Lipinski definition) is 2. The maximum absolute atomic E-state index is 11.9. The van der Waals surface area contributed by atoms with Crippen LogP contribution < -0.4 is 10.5 Å². The maximum Gasteiger partial charge on any atom is 0.301 e. The third-order valence-corrected chi connectivity index (χ3v) is 3.73. The zero-order chi connectivity index (χ0) is 12.9. The molecule has 1 rings (SSSR count). The minimum Gasteiger partial charge on any atom is -0.330 e. The van der Waals surface area contributed by atoms with Crippen molar-refractivity contribution in [2.75, 3.05) is 24.9 Å². The molecule has 0 aromatic carbocycles. The highest BCUT2D eigenvalue weighted by Gasteiger charge is 2.16. The largest absolute Gasteiger partial charge is 0.330 e. The van der Waals surface area contributed by atoms with E-state index in [4.69, 9.17) is 5.73 Å². The van der Waals surface area contributed by atoms with Crippen LogP contribution in [-0.2, 0) is 10.2 Å². The van der Waals surface area contributed by atoms with E-state index >= 15 is 0 Å². The third-order valence-electron chi connectivity index (χ3n) is 2.23. The summed E-state index contributed by atoms with van der Waals surface area (Å²) in [5.41, 5.74) is 6.61. The molecule has 1 aromatic heterocycles. The molecule has 3 N–H and O–H groups in total. The Hall–Kier alpha value is -1.18. The molecule has 0 aliphatic rings. The van der Waals surface area contributed by atoms with E-state index < -0.39 is 10.2 Å². The zero-order valence-electron chi connectivity index (χ0n) is 10.0. The molecule has 0 saturated heterocycles. The molecular weight excluding hydrogens is 240 g/mol. The van der Waals surface area contributed by atoms with E-state index in [-0.39, 0.29) is 0 Å². The second-order valence-electron chi connectivity index (χ2n) is 3.76. The average molecular weight is 258 g/mol. The van der Waals surface area contributed by atoms with Gasteiger partial charge in [-0.25, -0.2) is 0 Å². The summed E-state index contributed by atoms with van der Waals surface area (Å²) in [6.07, 6.45) is 2.19. The van der Waals surface area contributed by atoms with Gasteiger partial charge in [-0.1, -0.05) is 0 Å². The summed E-state index contributed by atoms with van der Waals surface area (Å²) in [5.74, 6) is 0. The molecule has 0 radical (unpaired) electrons. The highest BCUT2D eigenvalue weighted by atomic mass is 32.2. The average Bonchev–Trinajstić information content (AvgIpc) is 2.25. The summed E-state index contributed by atoms with van der Waals surface area (Å²) < 4.78 is 27.5. The van der Waals surface area contributed by atoms with Gasteiger partial charge in [0.25, 0.3) is 0 Å². The van der Waals surface area contributed by atoms with Gasteiger partial charge < -0.3 is 5.73 Å². The first-order valence-corrected chi connectivity index (χ1v) is 6.76. The van der Waals surface area contributed by atoms with Crippen LogP contribution >= 0.6 is 0 Å². The zero-order valence-corrected chi connectivity index (χ0v) is 10.9. The van der Waals surface area contributed by atoms with Gasteiger partial charge in [-0.2, -0.15) is 12.7 Å². The summed E-state index contributed by atoms with van der Waals surface area (Å²) >= 11 is 0. The Balaban J connectivity index is 2.72. The molecule has 0 unspecified atom stereocenters. The third kappa shape index (κ3) is 4.29. The quantitative estimate of drug-likeness (QED) is 0.769. The van der Waals surface area contributed by atoms with Crippen LogP contribution in [0.2, 0.25) is 0 Å². The first-order valence-electron chi connectivity index (χ1n) is 5.32. The SMILES string of the molecule is Cc1cc(NS(=O)(=O)N(C)CCCN)ccn1. The predicted octanol–water partition coefficient (Wildman–Crippen LogP) is 0.327. The molecule has 1 heterocycles. The van der Waals surface area contributed by atoms with Crippen molar-refractivity contribution >= 4 is 15.9 Å². The Morgan fingerprint density at radius 1 is 1.53 bits per heavy atom. The topological polar surface area (TPSA) is 88.3 Å². The lowest BCUT2D eigenvalue weighted by Crippen LogP contribution is -2.34. The number of rotatable bonds is 6. The lowest BCUT2D eigenvalue weighted by Gasteiger charge is -2.17. The number of nitrogens with one attached hydrogen (secondary N) is 1. The van der Waals surface area contributed by atoms with E-state index in [1.54, 1.807) is 25.3 Å². The number of anilines is 1. The highest BCUT2D eigenvalue weighted by molar-refractivity contribution is 7.90. The number of aryl methyl sites for hydroxylation is 1. The lowest BCUT2D eigenvalue weighted by atomic mass is 10.3. The highest BCUT2D eigenvalue weighted by Crippen LogP contribution is 2.11. The fourth-order valence-electron chi connectivity index (χ4n) is 1.27. The van der Waals surface area contributed by atoms with Crippen LogP contribution in [0.3, 0.4) is 0 Å². The maximum atomic E-state index is 11.9. The number of pyridine rings is 1. The predicted molar refractivity (Wildman–Crippen MR) is 67.8 cm³/mol. The molecule has 1 aromatic rings. The van der Waals surface area contributed by atoms with Crippen molar-refractivity contribution in [1.82, 2.24) is 9.29 Å². The van der Waals surface area contributed by atoms with Crippen LogP contribution in [0.15, 0.2) is 18.3 Å². The summed E-state index contributed by atoms with van der Waals surface area (Å²) in [4.78, 5) is 4.00. The summed E-state index contributed by atoms with van der Waals surface area (Å²) in [7, 11) is -1.98. The second-order valence-corrected chi connectivity index (χ2v) is 5.53. The monoisotopic (exact) mass is 258 g/mol. The Bertz CT molecular complexity index is 461. The standard InChI is InChI=1S/C10H18N4O2S/c1-9-8-10(4-6-12-9)13-17(15,16)14(2)7-3-5-11/h4,6,8H,3,5,7,11H2,1-2H3,(H,12,13). The van der Waals surface area contributed by atoms with Crippen LogP contribution in [0.1, 0.15) is 12.1 Å². The summed E-state index contributed by atoms with van der Waals surface area (Å²) in [6.45, 7) is 2.67. The first kappa shape index (κ1) is 13.9. The Kier molecular flexibility index (Phi) is 4.86. The molecule has 0 fully saturated rings. The van der Waals surface area contributed by atoms with Crippen LogP contribution in [0.5, 0.6) is 0 Å². The number of nitrogens with two attached hydrogens (primary N) is 1. The number of aromatic nitrogens is 1. The molecule has 0 spiro atoms. The molecule has 0 aliphatic carbocycles. The van der Waals surface area contributed by atoms with Crippen molar-refractivity contribution in [2.24, 2.45) is 5.73 Å². The minimum atomic E-state index is -3.50. The lowest BCUT2D eigenvalue weighted by molar-refractivity contribution is 0.468. The summed E-state index contributed by atoms with van der Waals surface area (Å²) in [6, 6.07) is 3.29. The Morgan fingerprint density at radius 3 is 2.82 bits per heavy atom. The van der Waals surface area contributed by atoms with Gasteiger partial charge in [0.15, 0.2) is 0 Å². The van der Waals surface area contributed by atoms with Gasteiger partial charge in [-0.15, -0.1) is 0 Å². The van der Waals surface area contributed by atoms with Gasteiger partial charge in [0, 0.05) is 25.5 Å². The van der Waals surface area contributed by atoms with E-state index in [1.807, 2.05) is 0 Å². The fourth-order valence-corrected chi connectivity index (χ4v) is 2.22. The molecule has 0 saturated carbocycles. The van der Waals surface area contributed by atoms with Crippen molar-refractivity contribution in [1.29, 1.82) is 0 Å². The van der Waals surface area contributed by atoms with Crippen LogP contribution in [0, 0.1) is 6.92 Å². The summed E-state index contributed by atoms with van der Waals surface area (Å²) in [5, 5.41) is 0. The molecule has 0 atom stereocenters. The van der Waals surface area contributed by atoms with E-state index in [9.17, 15) is 8.42 Å². The van der Waals surface area contributed by atoms with Gasteiger partial charge in [-0.05, 0) is 32.0 Å². The molecular formula is C10H18N4O2S. The number of hydrogen-bond acceptors (Lipinski definition) is 4. The Labute approximate surface area is 102 Å². The van der Waals surface area contributed by atoms with E-state index in [0.29, 0.717) is 25.2 Å². The normalized spacial score (nSPS) is 11.8. The molecule has 0 bridgehead atoms. The number of nitrogens with zero attached hydrogens (tertiary/aromatic N) is 2. The van der Waals surface area contributed by atoms with Crippen LogP contribution in [0.4, 0.5) is 5.69 Å². The van der Waals surface area contributed by atoms with Gasteiger partial charge in [0.05, 0.1) is 5.69 Å². The minimum absolute atomic E-state index is 0.399. The Morgan fingerprint density at radius 2 is 2.24 bits per heavy atom. The van der Waals surface area contributed by atoms with E-state index in [2.05, 4.69) is 9.71 Å². The fraction of sp³-hybridized carbons (Fsp3) is 0.500. The van der Waals surface area contributed by atoms with Crippen molar-refractivity contribution in [2.45, 2.75) is 13.3 Å². The van der Waals surface area contributed by atoms with Crippen molar-refractivity contribution in [3.05, 3.63) is 24.0 Å². The molecule has 96 valence electrons. The van der Waals surface area contributed by atoms with Gasteiger partial charge in [0.2, 0.25) is 0 Å². The van der Waals surface area contributed by atoms with Gasteiger partial charge in [0.1, 0.15) is 0 Å². The molecule has 7 heteroatoms. The van der Waals surface area contributed by atoms with Gasteiger partial charge >= 0.3 is 10.2 Å². The van der Waals surface area contributed by atoms with Crippen molar-refractivity contribution in [3.8, 4) is 0 Å². The van der Waals surface area contributed by atoms with Crippen molar-refractivity contribution < 1.29 is 8.42 Å². The van der Waals surface area contributed by atoms with E-state index in [1.165, 1.54) is 11.4 Å². The molecule has 0 amide bonds. The van der Waals surface area contributed by atoms with E-state index in [0.717, 1.165) is 5.69 Å². The van der Waals surface area contributed by atoms with Gasteiger partial charge in [-0.3, -0.25) is 9.71 Å². The molecule has 0 aliphatic heterocycles. The first-order chi connectivity index (χ1) is 7.95. The smallest absolute Gasteiger partial charge is 0.301 e. The van der Waals surface area contributed by atoms with Crippen LogP contribution in [0.25, 0.3) is 0 Å². The molecule has 17 heavy (non-hydrogen) atoms. The second kappa shape index (κ2) is 5.95. The van der Waals surface area contributed by atoms with Crippen molar-refractivity contribution in [3.63, 3.8) is 0 Å². The van der Waals surface area contributed by atoms with Crippen LogP contribution in [-0.4, -0.2) is 37.8 Å². The molecule has 6 nitrogen and oxygen atoms in total.